The molecule has 0 saturated heterocycles. The lowest BCUT2D eigenvalue weighted by atomic mass is 10.0. The summed E-state index contributed by atoms with van der Waals surface area (Å²) in [5, 5.41) is 12.7. The van der Waals surface area contributed by atoms with E-state index in [2.05, 4.69) is 54.7 Å². The maximum Gasteiger partial charge on any atom is 0.347 e. The average molecular weight is 416 g/mol. The fraction of sp³-hybridized carbons (Fsp3) is 0.222. The Labute approximate surface area is 184 Å². The van der Waals surface area contributed by atoms with Gasteiger partial charge in [-0.3, -0.25) is 0 Å². The third-order valence-electron chi connectivity index (χ3n) is 5.49. The summed E-state index contributed by atoms with van der Waals surface area (Å²) in [6.07, 6.45) is 2.54. The fourth-order valence-electron chi connectivity index (χ4n) is 3.16. The lowest BCUT2D eigenvalue weighted by molar-refractivity contribution is -0.154. The van der Waals surface area contributed by atoms with Gasteiger partial charge in [0.1, 0.15) is 5.75 Å². The number of hydrogen-bond acceptors (Lipinski definition) is 3. The molecule has 0 aromatic heterocycles. The Balaban J connectivity index is 1.57. The maximum atomic E-state index is 11.4. The number of hydrogen-bond donors (Lipinski definition) is 2. The minimum Gasteiger partial charge on any atom is -0.478 e. The normalized spacial score (nSPS) is 13.3. The maximum absolute atomic E-state index is 11.4. The molecule has 0 aliphatic carbocycles. The minimum absolute atomic E-state index is 0.388. The lowest BCUT2D eigenvalue weighted by Crippen LogP contribution is -2.40. The zero-order valence-electron chi connectivity index (χ0n) is 18.3. The molecule has 3 rings (SSSR count). The van der Waals surface area contributed by atoms with Gasteiger partial charge in [-0.2, -0.15) is 0 Å². The van der Waals surface area contributed by atoms with Crippen LogP contribution in [-0.4, -0.2) is 23.2 Å². The van der Waals surface area contributed by atoms with E-state index in [9.17, 15) is 9.90 Å². The van der Waals surface area contributed by atoms with Crippen LogP contribution in [0.1, 0.15) is 32.8 Å². The van der Waals surface area contributed by atoms with Crippen LogP contribution in [0.2, 0.25) is 0 Å². The summed E-state index contributed by atoms with van der Waals surface area (Å²) < 4.78 is 5.67. The number of carboxylic acid groups (broad SMARTS) is 1. The quantitative estimate of drug-likeness (QED) is 0.419. The van der Waals surface area contributed by atoms with Gasteiger partial charge in [0.25, 0.3) is 0 Å². The highest BCUT2D eigenvalue weighted by Crippen LogP contribution is 2.24. The largest absolute Gasteiger partial charge is 0.478 e. The molecule has 0 saturated carbocycles. The van der Waals surface area contributed by atoms with Crippen LogP contribution in [0, 0.1) is 0 Å². The van der Waals surface area contributed by atoms with E-state index in [1.54, 1.807) is 26.0 Å². The Morgan fingerprint density at radius 1 is 0.968 bits per heavy atom. The Hall–Kier alpha value is -3.53. The molecule has 0 fully saturated rings. The van der Waals surface area contributed by atoms with E-state index in [-0.39, 0.29) is 0 Å². The molecule has 3 aromatic rings. The topological polar surface area (TPSA) is 58.6 Å². The van der Waals surface area contributed by atoms with Crippen molar-refractivity contribution in [3.63, 3.8) is 0 Å². The second kappa shape index (κ2) is 9.98. The van der Waals surface area contributed by atoms with Gasteiger partial charge in [-0.1, -0.05) is 67.6 Å². The van der Waals surface area contributed by atoms with E-state index in [1.807, 2.05) is 30.3 Å². The van der Waals surface area contributed by atoms with E-state index in [1.165, 1.54) is 22.3 Å². The number of rotatable bonds is 9. The molecule has 1 unspecified atom stereocenters. The standard InChI is InChI=1S/C27H29NO3/c1-4-27(3,26(29)30)31-25-16-14-24(15-17-25)28-19-18-20(2)21-10-12-23(13-11-21)22-8-6-5-7-9-22/h5-18,28H,4,19H2,1-3H3,(H,29,30). The van der Waals surface area contributed by atoms with Gasteiger partial charge in [0.2, 0.25) is 5.60 Å². The molecule has 160 valence electrons. The van der Waals surface area contributed by atoms with Crippen LogP contribution >= 0.6 is 0 Å². The van der Waals surface area contributed by atoms with Gasteiger partial charge in [-0.25, -0.2) is 4.79 Å². The molecule has 0 aliphatic rings. The predicted octanol–water partition coefficient (Wildman–Crippen LogP) is 6.50. The summed E-state index contributed by atoms with van der Waals surface area (Å²) in [5.41, 5.74) is 4.55. The first-order valence-corrected chi connectivity index (χ1v) is 10.5. The Bertz CT molecular complexity index is 1020. The highest BCUT2D eigenvalue weighted by molar-refractivity contribution is 5.77. The van der Waals surface area contributed by atoms with Crippen LogP contribution in [0.15, 0.2) is 84.9 Å². The SMILES string of the molecule is CCC(C)(Oc1ccc(NCC=C(C)c2ccc(-c3ccccc3)cc2)cc1)C(=O)O. The van der Waals surface area contributed by atoms with Gasteiger partial charge < -0.3 is 15.2 Å². The van der Waals surface area contributed by atoms with Crippen molar-refractivity contribution in [3.05, 3.63) is 90.5 Å². The summed E-state index contributed by atoms with van der Waals surface area (Å²) in [7, 11) is 0. The highest BCUT2D eigenvalue weighted by Gasteiger charge is 2.33. The van der Waals surface area contributed by atoms with E-state index in [0.717, 1.165) is 5.69 Å². The number of anilines is 1. The van der Waals surface area contributed by atoms with Crippen molar-refractivity contribution in [2.45, 2.75) is 32.8 Å². The molecule has 0 bridgehead atoms. The molecular weight excluding hydrogens is 386 g/mol. The summed E-state index contributed by atoms with van der Waals surface area (Å²) in [5.74, 6) is -0.419. The summed E-state index contributed by atoms with van der Waals surface area (Å²) in [6, 6.07) is 26.3. The predicted molar refractivity (Wildman–Crippen MR) is 127 cm³/mol. The zero-order chi connectivity index (χ0) is 22.3. The molecule has 4 heteroatoms. The van der Waals surface area contributed by atoms with Gasteiger partial charge in [0.15, 0.2) is 0 Å². The summed E-state index contributed by atoms with van der Waals surface area (Å²) in [6.45, 7) is 6.18. The van der Waals surface area contributed by atoms with Crippen molar-refractivity contribution in [2.75, 3.05) is 11.9 Å². The minimum atomic E-state index is -1.22. The number of carbonyl (C=O) groups is 1. The summed E-state index contributed by atoms with van der Waals surface area (Å²) in [4.78, 5) is 11.4. The van der Waals surface area contributed by atoms with Crippen LogP contribution < -0.4 is 10.1 Å². The highest BCUT2D eigenvalue weighted by atomic mass is 16.5. The molecule has 4 nitrogen and oxygen atoms in total. The van der Waals surface area contributed by atoms with E-state index >= 15 is 0 Å². The monoisotopic (exact) mass is 415 g/mol. The van der Waals surface area contributed by atoms with Gasteiger partial charge in [-0.05, 0) is 66.8 Å². The van der Waals surface area contributed by atoms with Crippen LogP contribution in [-0.2, 0) is 4.79 Å². The third-order valence-corrected chi connectivity index (χ3v) is 5.49. The molecule has 3 aromatic carbocycles. The van der Waals surface area contributed by atoms with E-state index < -0.39 is 11.6 Å². The number of ether oxygens (including phenoxy) is 1. The van der Waals surface area contributed by atoms with Crippen molar-refractivity contribution >= 4 is 17.2 Å². The number of nitrogens with one attached hydrogen (secondary N) is 1. The van der Waals surface area contributed by atoms with E-state index in [4.69, 9.17) is 4.74 Å². The number of allylic oxidation sites excluding steroid dienone is 1. The molecule has 1 atom stereocenters. The first-order valence-electron chi connectivity index (χ1n) is 10.5. The zero-order valence-corrected chi connectivity index (χ0v) is 18.3. The van der Waals surface area contributed by atoms with Crippen LogP contribution in [0.25, 0.3) is 16.7 Å². The molecular formula is C27H29NO3. The lowest BCUT2D eigenvalue weighted by Gasteiger charge is -2.24. The molecule has 0 radical (unpaired) electrons. The van der Waals surface area contributed by atoms with Crippen molar-refractivity contribution in [2.24, 2.45) is 0 Å². The number of carboxylic acids is 1. The number of aliphatic carboxylic acids is 1. The summed E-state index contributed by atoms with van der Waals surface area (Å²) >= 11 is 0. The first-order chi connectivity index (χ1) is 14.9. The van der Waals surface area contributed by atoms with Gasteiger partial charge >= 0.3 is 5.97 Å². The second-order valence-electron chi connectivity index (χ2n) is 7.73. The van der Waals surface area contributed by atoms with Crippen molar-refractivity contribution < 1.29 is 14.6 Å². The Kier molecular flexibility index (Phi) is 7.14. The Morgan fingerprint density at radius 2 is 1.58 bits per heavy atom. The van der Waals surface area contributed by atoms with Crippen molar-refractivity contribution in [1.82, 2.24) is 0 Å². The average Bonchev–Trinajstić information content (AvgIpc) is 2.80. The van der Waals surface area contributed by atoms with Crippen molar-refractivity contribution in [1.29, 1.82) is 0 Å². The van der Waals surface area contributed by atoms with Gasteiger partial charge in [0, 0.05) is 12.2 Å². The molecule has 31 heavy (non-hydrogen) atoms. The molecule has 0 amide bonds. The Morgan fingerprint density at radius 3 is 2.16 bits per heavy atom. The molecule has 0 aliphatic heterocycles. The first kappa shape index (κ1) is 22.2. The fourth-order valence-corrected chi connectivity index (χ4v) is 3.16. The number of benzene rings is 3. The van der Waals surface area contributed by atoms with Gasteiger partial charge in [-0.15, -0.1) is 0 Å². The second-order valence-corrected chi connectivity index (χ2v) is 7.73. The molecule has 0 spiro atoms. The van der Waals surface area contributed by atoms with Crippen LogP contribution in [0.5, 0.6) is 5.75 Å². The van der Waals surface area contributed by atoms with Crippen LogP contribution in [0.3, 0.4) is 0 Å². The third kappa shape index (κ3) is 5.76. The van der Waals surface area contributed by atoms with Crippen molar-refractivity contribution in [3.8, 4) is 16.9 Å². The molecule has 2 N–H and O–H groups in total. The smallest absolute Gasteiger partial charge is 0.347 e. The van der Waals surface area contributed by atoms with Crippen LogP contribution in [0.4, 0.5) is 5.69 Å². The van der Waals surface area contributed by atoms with Gasteiger partial charge in [0.05, 0.1) is 0 Å². The van der Waals surface area contributed by atoms with E-state index in [0.29, 0.717) is 18.7 Å². The molecule has 0 heterocycles.